The minimum Gasteiger partial charge on any atom is -0.483 e. The first kappa shape index (κ1) is 17.7. The van der Waals surface area contributed by atoms with Gasteiger partial charge in [0.25, 0.3) is 5.91 Å². The Labute approximate surface area is 144 Å². The molecule has 23 heavy (non-hydrogen) atoms. The van der Waals surface area contributed by atoms with Gasteiger partial charge in [0.05, 0.1) is 0 Å². The fourth-order valence-electron chi connectivity index (χ4n) is 1.82. The number of amides is 1. The maximum absolute atomic E-state index is 11.9. The SMILES string of the molecule is Cc1ccc(OCC(=O)Nc2nnc(SCC(C)C)s2)c(C)c1. The molecule has 7 heteroatoms. The van der Waals surface area contributed by atoms with Gasteiger partial charge in [0.15, 0.2) is 10.9 Å². The van der Waals surface area contributed by atoms with Crippen molar-refractivity contribution in [2.45, 2.75) is 32.0 Å². The summed E-state index contributed by atoms with van der Waals surface area (Å²) in [4.78, 5) is 11.9. The Morgan fingerprint density at radius 1 is 1.35 bits per heavy atom. The predicted molar refractivity (Wildman–Crippen MR) is 95.5 cm³/mol. The zero-order valence-electron chi connectivity index (χ0n) is 13.8. The van der Waals surface area contributed by atoms with Gasteiger partial charge in [-0.1, -0.05) is 54.6 Å². The topological polar surface area (TPSA) is 64.1 Å². The van der Waals surface area contributed by atoms with Crippen molar-refractivity contribution < 1.29 is 9.53 Å². The summed E-state index contributed by atoms with van der Waals surface area (Å²) in [5, 5.41) is 11.3. The number of benzene rings is 1. The van der Waals surface area contributed by atoms with Crippen molar-refractivity contribution in [1.29, 1.82) is 0 Å². The third kappa shape index (κ3) is 5.84. The molecule has 5 nitrogen and oxygen atoms in total. The highest BCUT2D eigenvalue weighted by Crippen LogP contribution is 2.27. The van der Waals surface area contributed by atoms with E-state index in [0.29, 0.717) is 11.0 Å². The lowest BCUT2D eigenvalue weighted by Crippen LogP contribution is -2.20. The number of thioether (sulfide) groups is 1. The Morgan fingerprint density at radius 3 is 2.83 bits per heavy atom. The molecule has 0 bridgehead atoms. The van der Waals surface area contributed by atoms with E-state index in [0.717, 1.165) is 21.4 Å². The summed E-state index contributed by atoms with van der Waals surface area (Å²) in [6.07, 6.45) is 0. The van der Waals surface area contributed by atoms with Gasteiger partial charge in [-0.2, -0.15) is 0 Å². The number of rotatable bonds is 7. The van der Waals surface area contributed by atoms with E-state index in [1.165, 1.54) is 16.9 Å². The minimum absolute atomic E-state index is 0.0437. The van der Waals surface area contributed by atoms with Gasteiger partial charge < -0.3 is 4.74 Å². The highest BCUT2D eigenvalue weighted by atomic mass is 32.2. The average molecular weight is 351 g/mol. The lowest BCUT2D eigenvalue weighted by atomic mass is 10.1. The third-order valence-electron chi connectivity index (χ3n) is 2.88. The number of aromatic nitrogens is 2. The van der Waals surface area contributed by atoms with Crippen LogP contribution in [0.2, 0.25) is 0 Å². The molecule has 124 valence electrons. The molecule has 0 saturated carbocycles. The normalized spacial score (nSPS) is 10.8. The first-order valence-electron chi connectivity index (χ1n) is 7.40. The van der Waals surface area contributed by atoms with E-state index in [9.17, 15) is 4.79 Å². The van der Waals surface area contributed by atoms with Crippen molar-refractivity contribution >= 4 is 34.1 Å². The standard InChI is InChI=1S/C16H21N3O2S2/c1-10(2)9-22-16-19-18-15(23-16)17-14(20)8-21-13-6-5-11(3)7-12(13)4/h5-7,10H,8-9H2,1-4H3,(H,17,18,20). The summed E-state index contributed by atoms with van der Waals surface area (Å²) in [5.74, 6) is 2.06. The van der Waals surface area contributed by atoms with Gasteiger partial charge in [0.1, 0.15) is 5.75 Å². The highest BCUT2D eigenvalue weighted by Gasteiger charge is 2.10. The molecular weight excluding hydrogens is 330 g/mol. The molecular formula is C16H21N3O2S2. The van der Waals surface area contributed by atoms with Crippen LogP contribution in [0.15, 0.2) is 22.5 Å². The number of carbonyl (C=O) groups is 1. The fourth-order valence-corrected chi connectivity index (χ4v) is 3.56. The number of hydrogen-bond acceptors (Lipinski definition) is 6. The van der Waals surface area contributed by atoms with Crippen LogP contribution in [0.5, 0.6) is 5.75 Å². The Hall–Kier alpha value is -1.60. The largest absolute Gasteiger partial charge is 0.483 e. The molecule has 0 aliphatic heterocycles. The van der Waals surface area contributed by atoms with Crippen molar-refractivity contribution in [1.82, 2.24) is 10.2 Å². The number of nitrogens with zero attached hydrogens (tertiary/aromatic N) is 2. The lowest BCUT2D eigenvalue weighted by molar-refractivity contribution is -0.118. The summed E-state index contributed by atoms with van der Waals surface area (Å²) < 4.78 is 6.42. The summed E-state index contributed by atoms with van der Waals surface area (Å²) in [5.41, 5.74) is 2.18. The number of ether oxygens (including phenoxy) is 1. The van der Waals surface area contributed by atoms with Crippen LogP contribution in [0.25, 0.3) is 0 Å². The maximum Gasteiger partial charge on any atom is 0.264 e. The number of hydrogen-bond donors (Lipinski definition) is 1. The Kier molecular flexibility index (Phi) is 6.41. The smallest absolute Gasteiger partial charge is 0.264 e. The molecule has 0 spiro atoms. The molecule has 0 saturated heterocycles. The van der Waals surface area contributed by atoms with Crippen LogP contribution in [0.4, 0.5) is 5.13 Å². The van der Waals surface area contributed by atoms with E-state index in [1.54, 1.807) is 11.8 Å². The number of anilines is 1. The zero-order valence-corrected chi connectivity index (χ0v) is 15.4. The van der Waals surface area contributed by atoms with E-state index < -0.39 is 0 Å². The highest BCUT2D eigenvalue weighted by molar-refractivity contribution is 8.01. The molecule has 0 fully saturated rings. The quantitative estimate of drug-likeness (QED) is 0.605. The van der Waals surface area contributed by atoms with Crippen molar-refractivity contribution in [2.24, 2.45) is 5.92 Å². The monoisotopic (exact) mass is 351 g/mol. The van der Waals surface area contributed by atoms with E-state index in [-0.39, 0.29) is 12.5 Å². The first-order chi connectivity index (χ1) is 10.9. The molecule has 1 N–H and O–H groups in total. The van der Waals surface area contributed by atoms with Crippen LogP contribution in [0.1, 0.15) is 25.0 Å². The molecule has 1 aromatic carbocycles. The maximum atomic E-state index is 11.9. The van der Waals surface area contributed by atoms with Crippen LogP contribution in [-0.4, -0.2) is 28.5 Å². The molecule has 0 atom stereocenters. The van der Waals surface area contributed by atoms with Crippen molar-refractivity contribution in [3.63, 3.8) is 0 Å². The second kappa shape index (κ2) is 8.31. The van der Waals surface area contributed by atoms with Gasteiger partial charge >= 0.3 is 0 Å². The third-order valence-corrected chi connectivity index (χ3v) is 5.28. The van der Waals surface area contributed by atoms with Gasteiger partial charge in [-0.3, -0.25) is 10.1 Å². The zero-order chi connectivity index (χ0) is 16.8. The Balaban J connectivity index is 1.82. The average Bonchev–Trinajstić information content (AvgIpc) is 2.91. The lowest BCUT2D eigenvalue weighted by Gasteiger charge is -2.09. The van der Waals surface area contributed by atoms with Crippen LogP contribution >= 0.6 is 23.1 Å². The molecule has 2 aromatic rings. The second-order valence-electron chi connectivity index (χ2n) is 5.68. The predicted octanol–water partition coefficient (Wildman–Crippen LogP) is 3.92. The number of aryl methyl sites for hydroxylation is 2. The van der Waals surface area contributed by atoms with Crippen LogP contribution in [0, 0.1) is 19.8 Å². The fraction of sp³-hybridized carbons (Fsp3) is 0.438. The van der Waals surface area contributed by atoms with Crippen molar-refractivity contribution in [2.75, 3.05) is 17.7 Å². The second-order valence-corrected chi connectivity index (χ2v) is 7.93. The van der Waals surface area contributed by atoms with E-state index in [4.69, 9.17) is 4.74 Å². The van der Waals surface area contributed by atoms with Gasteiger partial charge in [0, 0.05) is 5.75 Å². The van der Waals surface area contributed by atoms with Crippen LogP contribution < -0.4 is 10.1 Å². The Morgan fingerprint density at radius 2 is 2.13 bits per heavy atom. The first-order valence-corrected chi connectivity index (χ1v) is 9.20. The summed E-state index contributed by atoms with van der Waals surface area (Å²) in [6, 6.07) is 5.86. The Bertz CT molecular complexity index is 671. The van der Waals surface area contributed by atoms with E-state index in [1.807, 2.05) is 32.0 Å². The molecule has 2 rings (SSSR count). The molecule has 1 amide bonds. The summed E-state index contributed by atoms with van der Waals surface area (Å²) >= 11 is 3.04. The van der Waals surface area contributed by atoms with Crippen LogP contribution in [0.3, 0.4) is 0 Å². The molecule has 0 unspecified atom stereocenters. The molecule has 1 aromatic heterocycles. The molecule has 1 heterocycles. The number of nitrogens with one attached hydrogen (secondary N) is 1. The van der Waals surface area contributed by atoms with Gasteiger partial charge in [-0.25, -0.2) is 0 Å². The van der Waals surface area contributed by atoms with Gasteiger partial charge in [-0.15, -0.1) is 10.2 Å². The number of carbonyl (C=O) groups excluding carboxylic acids is 1. The molecule has 0 radical (unpaired) electrons. The van der Waals surface area contributed by atoms with E-state index >= 15 is 0 Å². The van der Waals surface area contributed by atoms with Gasteiger partial charge in [0.2, 0.25) is 5.13 Å². The van der Waals surface area contributed by atoms with Crippen molar-refractivity contribution in [3.8, 4) is 5.75 Å². The summed E-state index contributed by atoms with van der Waals surface area (Å²) in [6.45, 7) is 8.25. The van der Waals surface area contributed by atoms with E-state index in [2.05, 4.69) is 29.4 Å². The van der Waals surface area contributed by atoms with Crippen LogP contribution in [-0.2, 0) is 4.79 Å². The summed E-state index contributed by atoms with van der Waals surface area (Å²) in [7, 11) is 0. The van der Waals surface area contributed by atoms with Gasteiger partial charge in [-0.05, 0) is 31.4 Å². The minimum atomic E-state index is -0.235. The molecule has 0 aliphatic carbocycles. The van der Waals surface area contributed by atoms with Crippen molar-refractivity contribution in [3.05, 3.63) is 29.3 Å². The molecule has 0 aliphatic rings.